The number of likely N-dealkylation sites (tertiary alicyclic amines) is 1. The van der Waals surface area contributed by atoms with Gasteiger partial charge in [-0.3, -0.25) is 9.69 Å². The fourth-order valence-corrected chi connectivity index (χ4v) is 4.33. The number of carbonyl (C=O) groups is 1. The summed E-state index contributed by atoms with van der Waals surface area (Å²) in [4.78, 5) is 15.0. The van der Waals surface area contributed by atoms with E-state index in [9.17, 15) is 26.4 Å². The Labute approximate surface area is 197 Å². The van der Waals surface area contributed by atoms with Gasteiger partial charge in [0, 0.05) is 13.1 Å². The molecule has 2 aromatic carbocycles. The molecule has 1 heterocycles. The number of amides is 1. The van der Waals surface area contributed by atoms with Gasteiger partial charge in [-0.2, -0.15) is 13.2 Å². The minimum Gasteiger partial charge on any atom is -0.489 e. The standard InChI is InChI=1S/C23H28F3N3O4S/c1-15(16-7-9-20(10-8-16)34(27,31)32)28-21(30)22(2,3)29-12-11-19(14-29)33-18-6-4-5-17(13-18)23(24,25)26/h4-10,13,15,19H,11-12,14H2,1-3H3,(H,28,30)(H2,27,31,32)/t15?,19-/m1/s1. The zero-order valence-corrected chi connectivity index (χ0v) is 19.9. The molecule has 0 aliphatic carbocycles. The number of nitrogens with one attached hydrogen (secondary N) is 1. The molecule has 0 spiro atoms. The molecular formula is C23H28F3N3O4S. The molecular weight excluding hydrogens is 471 g/mol. The Morgan fingerprint density at radius 2 is 1.82 bits per heavy atom. The largest absolute Gasteiger partial charge is 0.489 e. The van der Waals surface area contributed by atoms with Gasteiger partial charge >= 0.3 is 6.18 Å². The van der Waals surface area contributed by atoms with Crippen molar-refractivity contribution in [2.45, 2.75) is 55.9 Å². The third kappa shape index (κ3) is 6.08. The van der Waals surface area contributed by atoms with Crippen molar-refractivity contribution in [1.29, 1.82) is 0 Å². The second-order valence-corrected chi connectivity index (χ2v) is 10.4. The summed E-state index contributed by atoms with van der Waals surface area (Å²) in [5, 5.41) is 8.05. The second-order valence-electron chi connectivity index (χ2n) is 8.87. The molecule has 2 aromatic rings. The van der Waals surface area contributed by atoms with Gasteiger partial charge in [-0.05, 0) is 63.1 Å². The predicted octanol–water partition coefficient (Wildman–Crippen LogP) is 3.46. The van der Waals surface area contributed by atoms with Crippen LogP contribution in [-0.4, -0.2) is 44.0 Å². The number of sulfonamides is 1. The molecule has 1 fully saturated rings. The summed E-state index contributed by atoms with van der Waals surface area (Å²) < 4.78 is 67.4. The lowest BCUT2D eigenvalue weighted by Gasteiger charge is -2.35. The fraction of sp³-hybridized carbons (Fsp3) is 0.435. The van der Waals surface area contributed by atoms with E-state index in [1.54, 1.807) is 32.9 Å². The summed E-state index contributed by atoms with van der Waals surface area (Å²) in [6, 6.07) is 10.3. The Bertz CT molecular complexity index is 1130. The van der Waals surface area contributed by atoms with E-state index in [4.69, 9.17) is 9.88 Å². The number of nitrogens with two attached hydrogens (primary N) is 1. The van der Waals surface area contributed by atoms with Crippen molar-refractivity contribution in [3.8, 4) is 5.75 Å². The number of alkyl halides is 3. The number of ether oxygens (including phenoxy) is 1. The van der Waals surface area contributed by atoms with Gasteiger partial charge in [-0.25, -0.2) is 13.6 Å². The van der Waals surface area contributed by atoms with Crippen LogP contribution in [0.2, 0.25) is 0 Å². The molecule has 1 aliphatic rings. The molecule has 1 aliphatic heterocycles. The molecule has 11 heteroatoms. The number of benzene rings is 2. The van der Waals surface area contributed by atoms with Crippen LogP contribution in [0.1, 0.15) is 44.4 Å². The number of rotatable bonds is 7. The Balaban J connectivity index is 1.61. The molecule has 0 aromatic heterocycles. The Kier molecular flexibility index (Phi) is 7.30. The number of hydrogen-bond acceptors (Lipinski definition) is 5. The molecule has 34 heavy (non-hydrogen) atoms. The smallest absolute Gasteiger partial charge is 0.416 e. The first kappa shape index (κ1) is 26.0. The zero-order chi connectivity index (χ0) is 25.3. The summed E-state index contributed by atoms with van der Waals surface area (Å²) >= 11 is 0. The molecule has 3 rings (SSSR count). The lowest BCUT2D eigenvalue weighted by atomic mass is 10.0. The number of halogens is 3. The first-order valence-corrected chi connectivity index (χ1v) is 12.3. The lowest BCUT2D eigenvalue weighted by Crippen LogP contribution is -2.54. The highest BCUT2D eigenvalue weighted by molar-refractivity contribution is 7.89. The molecule has 0 bridgehead atoms. The van der Waals surface area contributed by atoms with Crippen LogP contribution >= 0.6 is 0 Å². The number of carbonyl (C=O) groups excluding carboxylic acids is 1. The van der Waals surface area contributed by atoms with Crippen molar-refractivity contribution in [3.63, 3.8) is 0 Å². The summed E-state index contributed by atoms with van der Waals surface area (Å²) in [5.41, 5.74) is -0.963. The van der Waals surface area contributed by atoms with Crippen molar-refractivity contribution in [1.82, 2.24) is 10.2 Å². The average molecular weight is 500 g/mol. The van der Waals surface area contributed by atoms with E-state index in [2.05, 4.69) is 5.32 Å². The Morgan fingerprint density at radius 1 is 1.18 bits per heavy atom. The summed E-state index contributed by atoms with van der Waals surface area (Å²) in [6.45, 7) is 6.25. The molecule has 7 nitrogen and oxygen atoms in total. The molecule has 3 N–H and O–H groups in total. The Morgan fingerprint density at radius 3 is 2.41 bits per heavy atom. The zero-order valence-electron chi connectivity index (χ0n) is 19.1. The van der Waals surface area contributed by atoms with E-state index in [-0.39, 0.29) is 28.7 Å². The molecule has 2 atom stereocenters. The third-order valence-corrected chi connectivity index (χ3v) is 6.94. The topological polar surface area (TPSA) is 102 Å². The normalized spacial score (nSPS) is 18.5. The van der Waals surface area contributed by atoms with E-state index in [1.807, 2.05) is 4.90 Å². The highest BCUT2D eigenvalue weighted by atomic mass is 32.2. The van der Waals surface area contributed by atoms with Gasteiger partial charge in [0.2, 0.25) is 15.9 Å². The summed E-state index contributed by atoms with van der Waals surface area (Å²) in [6.07, 6.45) is -4.23. The van der Waals surface area contributed by atoms with Crippen LogP contribution in [0.25, 0.3) is 0 Å². The van der Waals surface area contributed by atoms with Gasteiger partial charge in [0.15, 0.2) is 0 Å². The summed E-state index contributed by atoms with van der Waals surface area (Å²) in [7, 11) is -3.80. The minimum absolute atomic E-state index is 0.0148. The predicted molar refractivity (Wildman–Crippen MR) is 121 cm³/mol. The minimum atomic E-state index is -4.45. The van der Waals surface area contributed by atoms with E-state index >= 15 is 0 Å². The number of hydrogen-bond donors (Lipinski definition) is 2. The fourth-order valence-electron chi connectivity index (χ4n) is 3.82. The number of nitrogens with zero attached hydrogens (tertiary/aromatic N) is 1. The maximum Gasteiger partial charge on any atom is 0.416 e. The van der Waals surface area contributed by atoms with E-state index < -0.39 is 27.3 Å². The third-order valence-electron chi connectivity index (χ3n) is 6.01. The van der Waals surface area contributed by atoms with Crippen molar-refractivity contribution in [2.24, 2.45) is 5.14 Å². The van der Waals surface area contributed by atoms with Crippen LogP contribution in [0.5, 0.6) is 5.75 Å². The molecule has 0 saturated carbocycles. The van der Waals surface area contributed by atoms with Crippen molar-refractivity contribution < 1.29 is 31.1 Å². The van der Waals surface area contributed by atoms with Crippen LogP contribution in [0, 0.1) is 0 Å². The van der Waals surface area contributed by atoms with Gasteiger partial charge in [0.1, 0.15) is 11.9 Å². The number of primary sulfonamides is 1. The monoisotopic (exact) mass is 499 g/mol. The van der Waals surface area contributed by atoms with Crippen LogP contribution in [-0.2, 0) is 21.0 Å². The highest BCUT2D eigenvalue weighted by Gasteiger charge is 2.40. The maximum atomic E-state index is 13.0. The maximum absolute atomic E-state index is 13.0. The first-order chi connectivity index (χ1) is 15.7. The van der Waals surface area contributed by atoms with Crippen LogP contribution in [0.15, 0.2) is 53.4 Å². The SMILES string of the molecule is CC(NC(=O)C(C)(C)N1CC[C@@H](Oc2cccc(C(F)(F)F)c2)C1)c1ccc(S(N)(=O)=O)cc1. The molecule has 1 unspecified atom stereocenters. The quantitative estimate of drug-likeness (QED) is 0.608. The second kappa shape index (κ2) is 9.55. The van der Waals surface area contributed by atoms with E-state index in [0.717, 1.165) is 12.1 Å². The summed E-state index contributed by atoms with van der Waals surface area (Å²) in [5.74, 6) is -0.101. The van der Waals surface area contributed by atoms with Crippen LogP contribution < -0.4 is 15.2 Å². The van der Waals surface area contributed by atoms with Crippen LogP contribution in [0.3, 0.4) is 0 Å². The molecule has 1 amide bonds. The first-order valence-electron chi connectivity index (χ1n) is 10.7. The molecule has 0 radical (unpaired) electrons. The van der Waals surface area contributed by atoms with Gasteiger partial charge in [-0.1, -0.05) is 18.2 Å². The van der Waals surface area contributed by atoms with Gasteiger partial charge in [0.05, 0.1) is 22.0 Å². The van der Waals surface area contributed by atoms with E-state index in [0.29, 0.717) is 25.1 Å². The van der Waals surface area contributed by atoms with Crippen molar-refractivity contribution in [2.75, 3.05) is 13.1 Å². The van der Waals surface area contributed by atoms with Gasteiger partial charge in [-0.15, -0.1) is 0 Å². The van der Waals surface area contributed by atoms with Crippen molar-refractivity contribution in [3.05, 3.63) is 59.7 Å². The van der Waals surface area contributed by atoms with Gasteiger partial charge in [0.25, 0.3) is 0 Å². The Hall–Kier alpha value is -2.63. The molecule has 186 valence electrons. The molecule has 1 saturated heterocycles. The van der Waals surface area contributed by atoms with E-state index in [1.165, 1.54) is 24.3 Å². The average Bonchev–Trinajstić information content (AvgIpc) is 3.22. The highest BCUT2D eigenvalue weighted by Crippen LogP contribution is 2.32. The lowest BCUT2D eigenvalue weighted by molar-refractivity contribution is -0.137. The van der Waals surface area contributed by atoms with Crippen molar-refractivity contribution >= 4 is 15.9 Å². The van der Waals surface area contributed by atoms with Gasteiger partial charge < -0.3 is 10.1 Å². The van der Waals surface area contributed by atoms with Crippen LogP contribution in [0.4, 0.5) is 13.2 Å².